The fourth-order valence-electron chi connectivity index (χ4n) is 10.7. The van der Waals surface area contributed by atoms with Gasteiger partial charge in [-0.05, 0) is 102 Å². The van der Waals surface area contributed by atoms with Gasteiger partial charge in [0.25, 0.3) is 0 Å². The Morgan fingerprint density at radius 3 is 2.31 bits per heavy atom. The number of rotatable bonds is 5. The number of carbonyl (C=O) groups excluding carboxylic acids is 4. The van der Waals surface area contributed by atoms with Gasteiger partial charge in [0, 0.05) is 22.3 Å². The lowest BCUT2D eigenvalue weighted by Gasteiger charge is -2.69. The van der Waals surface area contributed by atoms with Crippen LogP contribution in [0.5, 0.6) is 0 Å². The number of thioether (sulfide) groups is 1. The second-order valence-electron chi connectivity index (χ2n) is 16.2. The van der Waals surface area contributed by atoms with Crippen LogP contribution in [0.4, 0.5) is 0 Å². The molecule has 0 bridgehead atoms. The molecule has 5 aliphatic carbocycles. The van der Waals surface area contributed by atoms with Crippen LogP contribution in [0.2, 0.25) is 0 Å². The van der Waals surface area contributed by atoms with Gasteiger partial charge >= 0.3 is 5.97 Å². The summed E-state index contributed by atoms with van der Waals surface area (Å²) in [5, 5.41) is 1.97. The minimum Gasteiger partial charge on any atom is -0.469 e. The van der Waals surface area contributed by atoms with Crippen LogP contribution < -0.4 is 0 Å². The summed E-state index contributed by atoms with van der Waals surface area (Å²) in [4.78, 5) is 55.7. The highest BCUT2D eigenvalue weighted by atomic mass is 32.2. The number of carbonyl (C=O) groups is 4. The van der Waals surface area contributed by atoms with Crippen molar-refractivity contribution >= 4 is 35.1 Å². The zero-order valence-electron chi connectivity index (χ0n) is 27.4. The SMILES string of the molecule is CCCCS/C=C1\C(=O)C(=O)C(C)(C)[C@@H]2CC[C@]3(C)C(=CC(=O)[C@@H]4[C@@H]5CC(C)(C)CC[C@]5(C(=O)OC)CC[C@]43C)[C@@]12C. The third-order valence-corrected chi connectivity index (χ3v) is 14.3. The highest BCUT2D eigenvalue weighted by Gasteiger charge is 2.72. The van der Waals surface area contributed by atoms with E-state index in [-0.39, 0.29) is 57.3 Å². The number of fused-ring (bicyclic) bond motifs is 7. The molecular formula is C36H52O5S. The molecule has 0 aromatic carbocycles. The molecule has 5 rings (SSSR count). The Bertz CT molecular complexity index is 1270. The monoisotopic (exact) mass is 596 g/mol. The van der Waals surface area contributed by atoms with Crippen LogP contribution in [-0.2, 0) is 23.9 Å². The Morgan fingerprint density at radius 1 is 1.00 bits per heavy atom. The molecule has 0 spiro atoms. The van der Waals surface area contributed by atoms with Gasteiger partial charge in [-0.15, -0.1) is 11.8 Å². The first-order valence-corrected chi connectivity index (χ1v) is 17.3. The molecule has 0 N–H and O–H groups in total. The number of ketones is 3. The summed E-state index contributed by atoms with van der Waals surface area (Å²) in [6, 6.07) is 0. The van der Waals surface area contributed by atoms with Gasteiger partial charge in [0.2, 0.25) is 11.6 Å². The average molecular weight is 597 g/mol. The van der Waals surface area contributed by atoms with Gasteiger partial charge in [-0.1, -0.05) is 61.8 Å². The van der Waals surface area contributed by atoms with Crippen molar-refractivity contribution < 1.29 is 23.9 Å². The van der Waals surface area contributed by atoms with Gasteiger partial charge in [-0.3, -0.25) is 19.2 Å². The second-order valence-corrected chi connectivity index (χ2v) is 17.2. The third-order valence-electron chi connectivity index (χ3n) is 13.4. The molecule has 6 heteroatoms. The van der Waals surface area contributed by atoms with Crippen LogP contribution in [-0.4, -0.2) is 36.2 Å². The van der Waals surface area contributed by atoms with Crippen LogP contribution in [0.25, 0.3) is 0 Å². The number of esters is 1. The van der Waals surface area contributed by atoms with Gasteiger partial charge in [0.1, 0.15) is 0 Å². The maximum Gasteiger partial charge on any atom is 0.312 e. The smallest absolute Gasteiger partial charge is 0.312 e. The van der Waals surface area contributed by atoms with Gasteiger partial charge in [-0.25, -0.2) is 0 Å². The van der Waals surface area contributed by atoms with Crippen molar-refractivity contribution in [3.63, 3.8) is 0 Å². The quantitative estimate of drug-likeness (QED) is 0.139. The molecule has 42 heavy (non-hydrogen) atoms. The van der Waals surface area contributed by atoms with Crippen molar-refractivity contribution in [3.05, 3.63) is 22.6 Å². The lowest BCUT2D eigenvalue weighted by molar-refractivity contribution is -0.191. The molecule has 4 saturated carbocycles. The van der Waals surface area contributed by atoms with Crippen LogP contribution in [0.1, 0.15) is 113 Å². The lowest BCUT2D eigenvalue weighted by Crippen LogP contribution is -2.67. The molecule has 0 aromatic rings. The normalized spacial score (nSPS) is 43.1. The fourth-order valence-corrected chi connectivity index (χ4v) is 11.8. The zero-order valence-corrected chi connectivity index (χ0v) is 28.2. The Labute approximate surface area is 257 Å². The van der Waals surface area contributed by atoms with E-state index in [9.17, 15) is 19.2 Å². The van der Waals surface area contributed by atoms with E-state index in [0.717, 1.165) is 69.1 Å². The standard InChI is InChI=1S/C36H52O5S/c1-10-11-18-42-21-23-28(38)29(39)32(4,5)25-12-13-33(6)26(35(23,25)8)19-24(37)27-22-20-31(2,3)14-16-36(22,30(40)41-9)17-15-34(27,33)7/h19,21-22,25,27H,10-18,20H2,1-9H3/b23-21+/t22-,25-,27-,33+,34+,35-,36-/m0/s1. The summed E-state index contributed by atoms with van der Waals surface area (Å²) in [5.41, 5.74) is -1.16. The summed E-state index contributed by atoms with van der Waals surface area (Å²) in [5.74, 6) is -0.253. The number of Topliss-reactive ketones (excluding diaryl/α,β-unsaturated/α-hetero) is 2. The van der Waals surface area contributed by atoms with Gasteiger partial charge < -0.3 is 4.74 Å². The molecule has 0 aromatic heterocycles. The lowest BCUT2D eigenvalue weighted by atomic mass is 9.33. The largest absolute Gasteiger partial charge is 0.469 e. The summed E-state index contributed by atoms with van der Waals surface area (Å²) in [6.07, 6.45) is 9.72. The average Bonchev–Trinajstić information content (AvgIpc) is 2.92. The maximum absolute atomic E-state index is 14.7. The Hall–Kier alpha value is -1.69. The molecule has 5 nitrogen and oxygen atoms in total. The minimum atomic E-state index is -0.805. The molecular weight excluding hydrogens is 544 g/mol. The van der Waals surface area contributed by atoms with Crippen molar-refractivity contribution in [2.24, 2.45) is 50.2 Å². The van der Waals surface area contributed by atoms with Gasteiger partial charge in [0.15, 0.2) is 5.78 Å². The van der Waals surface area contributed by atoms with E-state index in [1.165, 1.54) is 7.11 Å². The molecule has 0 radical (unpaired) electrons. The molecule has 0 amide bonds. The second kappa shape index (κ2) is 10.2. The molecule has 4 fully saturated rings. The Kier molecular flexibility index (Phi) is 7.68. The molecule has 0 unspecified atom stereocenters. The molecule has 0 heterocycles. The molecule has 232 valence electrons. The highest BCUT2D eigenvalue weighted by Crippen LogP contribution is 2.75. The predicted molar refractivity (Wildman–Crippen MR) is 168 cm³/mol. The summed E-state index contributed by atoms with van der Waals surface area (Å²) in [7, 11) is 1.49. The topological polar surface area (TPSA) is 77.5 Å². The van der Waals surface area contributed by atoms with Crippen LogP contribution in [0.3, 0.4) is 0 Å². The number of ether oxygens (including phenoxy) is 1. The van der Waals surface area contributed by atoms with Crippen LogP contribution in [0, 0.1) is 50.2 Å². The Morgan fingerprint density at radius 2 is 1.67 bits per heavy atom. The summed E-state index contributed by atoms with van der Waals surface area (Å²) < 4.78 is 5.45. The van der Waals surface area contributed by atoms with Crippen molar-refractivity contribution in [3.8, 4) is 0 Å². The summed E-state index contributed by atoms with van der Waals surface area (Å²) in [6.45, 7) is 17.3. The number of hydrogen-bond acceptors (Lipinski definition) is 6. The maximum atomic E-state index is 14.7. The van der Waals surface area contributed by atoms with Crippen molar-refractivity contribution in [2.75, 3.05) is 12.9 Å². The summed E-state index contributed by atoms with van der Waals surface area (Å²) >= 11 is 1.63. The van der Waals surface area contributed by atoms with Crippen LogP contribution >= 0.6 is 11.8 Å². The minimum absolute atomic E-state index is 0.0427. The van der Waals surface area contributed by atoms with Crippen LogP contribution in [0.15, 0.2) is 22.6 Å². The van der Waals surface area contributed by atoms with E-state index in [1.807, 2.05) is 25.3 Å². The highest BCUT2D eigenvalue weighted by molar-refractivity contribution is 8.02. The molecule has 7 atom stereocenters. The van der Waals surface area contributed by atoms with E-state index in [0.29, 0.717) is 5.57 Å². The predicted octanol–water partition coefficient (Wildman–Crippen LogP) is 7.92. The number of unbranched alkanes of at least 4 members (excludes halogenated alkanes) is 1. The van der Waals surface area contributed by atoms with Crippen molar-refractivity contribution in [1.29, 1.82) is 0 Å². The zero-order chi connectivity index (χ0) is 31.1. The molecule has 0 aliphatic heterocycles. The number of hydrogen-bond donors (Lipinski definition) is 0. The molecule has 5 aliphatic rings. The first-order chi connectivity index (χ1) is 19.5. The number of methoxy groups -OCH3 is 1. The van der Waals surface area contributed by atoms with E-state index in [1.54, 1.807) is 11.8 Å². The van der Waals surface area contributed by atoms with Gasteiger partial charge in [0.05, 0.1) is 12.5 Å². The van der Waals surface area contributed by atoms with E-state index in [4.69, 9.17) is 4.74 Å². The van der Waals surface area contributed by atoms with E-state index >= 15 is 0 Å². The van der Waals surface area contributed by atoms with E-state index in [2.05, 4.69) is 41.5 Å². The first kappa shape index (κ1) is 31.7. The van der Waals surface area contributed by atoms with Crippen molar-refractivity contribution in [2.45, 2.75) is 113 Å². The first-order valence-electron chi connectivity index (χ1n) is 16.2. The Balaban J connectivity index is 1.69. The van der Waals surface area contributed by atoms with Crippen molar-refractivity contribution in [1.82, 2.24) is 0 Å². The fraction of sp³-hybridized carbons (Fsp3) is 0.778. The molecule has 0 saturated heterocycles. The third kappa shape index (κ3) is 4.08. The van der Waals surface area contributed by atoms with E-state index < -0.39 is 16.2 Å². The number of allylic oxidation sites excluding steroid dienone is 3. The van der Waals surface area contributed by atoms with Gasteiger partial charge in [-0.2, -0.15) is 0 Å².